The number of phenolic OH excluding ortho intramolecular Hbond substituents is 1. The summed E-state index contributed by atoms with van der Waals surface area (Å²) >= 11 is 0. The number of carbonyl (C=O) groups is 2. The zero-order valence-corrected chi connectivity index (χ0v) is 11.2. The summed E-state index contributed by atoms with van der Waals surface area (Å²) < 4.78 is 5.64. The van der Waals surface area contributed by atoms with Crippen LogP contribution in [0.2, 0.25) is 0 Å². The van der Waals surface area contributed by atoms with E-state index < -0.39 is 12.0 Å². The third-order valence-electron chi connectivity index (χ3n) is 3.92. The molecule has 0 aliphatic carbocycles. The number of aromatic carboxylic acids is 1. The van der Waals surface area contributed by atoms with E-state index in [1.807, 2.05) is 0 Å². The van der Waals surface area contributed by atoms with Crippen molar-refractivity contribution in [2.75, 3.05) is 5.32 Å². The number of anilines is 1. The number of hydrogen-bond acceptors (Lipinski definition) is 4. The fourth-order valence-electron chi connectivity index (χ4n) is 2.89. The van der Waals surface area contributed by atoms with Gasteiger partial charge in [-0.25, -0.2) is 9.59 Å². The van der Waals surface area contributed by atoms with Gasteiger partial charge in [0.2, 0.25) is 0 Å². The van der Waals surface area contributed by atoms with Crippen molar-refractivity contribution in [3.8, 4) is 5.75 Å². The van der Waals surface area contributed by atoms with Crippen molar-refractivity contribution in [2.45, 2.75) is 37.5 Å². The second-order valence-electron chi connectivity index (χ2n) is 5.35. The van der Waals surface area contributed by atoms with Gasteiger partial charge >= 0.3 is 12.0 Å². The first-order valence-electron chi connectivity index (χ1n) is 6.82. The zero-order chi connectivity index (χ0) is 15.0. The number of nitrogens with one attached hydrogen (secondary N) is 2. The number of aromatic hydroxyl groups is 1. The average Bonchev–Trinajstić information content (AvgIpc) is 3.03. The number of fused-ring (bicyclic) bond motifs is 2. The van der Waals surface area contributed by atoms with E-state index in [4.69, 9.17) is 9.84 Å². The van der Waals surface area contributed by atoms with Crippen LogP contribution in [0.25, 0.3) is 0 Å². The molecule has 2 bridgehead atoms. The molecule has 1 aromatic carbocycles. The number of hydrogen-bond donors (Lipinski definition) is 4. The highest BCUT2D eigenvalue weighted by Gasteiger charge is 2.41. The fourth-order valence-corrected chi connectivity index (χ4v) is 2.89. The molecular formula is C14H16N2O5. The van der Waals surface area contributed by atoms with Gasteiger partial charge < -0.3 is 25.6 Å². The van der Waals surface area contributed by atoms with Gasteiger partial charge in [0.05, 0.1) is 29.5 Å². The molecule has 0 saturated carbocycles. The van der Waals surface area contributed by atoms with E-state index in [2.05, 4.69) is 10.6 Å². The van der Waals surface area contributed by atoms with Gasteiger partial charge in [-0.3, -0.25) is 0 Å². The first kappa shape index (κ1) is 13.7. The minimum absolute atomic E-state index is 0.0100. The first-order valence-corrected chi connectivity index (χ1v) is 6.82. The van der Waals surface area contributed by atoms with Crippen LogP contribution in [0.15, 0.2) is 18.2 Å². The Hall–Kier alpha value is -2.28. The van der Waals surface area contributed by atoms with Gasteiger partial charge in [0.25, 0.3) is 0 Å². The van der Waals surface area contributed by atoms with Crippen LogP contribution in [0.5, 0.6) is 5.75 Å². The number of carbonyl (C=O) groups excluding carboxylic acids is 1. The monoisotopic (exact) mass is 292 g/mol. The molecule has 21 heavy (non-hydrogen) atoms. The molecule has 2 saturated heterocycles. The number of carboxylic acid groups (broad SMARTS) is 1. The second-order valence-corrected chi connectivity index (χ2v) is 5.35. The third-order valence-corrected chi connectivity index (χ3v) is 3.92. The number of rotatable bonds is 3. The molecule has 2 aliphatic heterocycles. The Kier molecular flexibility index (Phi) is 3.42. The Balaban J connectivity index is 1.61. The zero-order valence-electron chi connectivity index (χ0n) is 11.2. The quantitative estimate of drug-likeness (QED) is 0.632. The lowest BCUT2D eigenvalue weighted by Gasteiger charge is -2.20. The number of amides is 2. The summed E-state index contributed by atoms with van der Waals surface area (Å²) in [7, 11) is 0. The molecule has 1 aromatic rings. The summed E-state index contributed by atoms with van der Waals surface area (Å²) in [5.74, 6) is -1.42. The van der Waals surface area contributed by atoms with Crippen LogP contribution in [-0.4, -0.2) is 40.5 Å². The van der Waals surface area contributed by atoms with Crippen molar-refractivity contribution in [3.05, 3.63) is 23.8 Å². The number of urea groups is 1. The Bertz CT molecular complexity index is 589. The molecule has 4 N–H and O–H groups in total. The van der Waals surface area contributed by atoms with Crippen LogP contribution < -0.4 is 10.6 Å². The van der Waals surface area contributed by atoms with Gasteiger partial charge in [-0.2, -0.15) is 0 Å². The molecule has 2 aliphatic rings. The average molecular weight is 292 g/mol. The molecule has 0 radical (unpaired) electrons. The van der Waals surface area contributed by atoms with E-state index in [1.165, 1.54) is 12.1 Å². The van der Waals surface area contributed by atoms with Crippen LogP contribution in [0, 0.1) is 0 Å². The largest absolute Gasteiger partial charge is 0.506 e. The van der Waals surface area contributed by atoms with E-state index in [0.29, 0.717) is 0 Å². The molecular weight excluding hydrogens is 276 g/mol. The topological polar surface area (TPSA) is 108 Å². The molecule has 0 aromatic heterocycles. The molecule has 112 valence electrons. The lowest BCUT2D eigenvalue weighted by molar-refractivity contribution is 0.0696. The van der Waals surface area contributed by atoms with Gasteiger partial charge in [-0.05, 0) is 37.5 Å². The van der Waals surface area contributed by atoms with E-state index in [0.717, 1.165) is 25.3 Å². The van der Waals surface area contributed by atoms with Gasteiger partial charge in [0.1, 0.15) is 5.75 Å². The van der Waals surface area contributed by atoms with E-state index >= 15 is 0 Å². The van der Waals surface area contributed by atoms with Crippen molar-refractivity contribution >= 4 is 17.7 Å². The molecule has 2 fully saturated rings. The van der Waals surface area contributed by atoms with Gasteiger partial charge in [-0.1, -0.05) is 0 Å². The van der Waals surface area contributed by atoms with Crippen molar-refractivity contribution in [3.63, 3.8) is 0 Å². The summed E-state index contributed by atoms with van der Waals surface area (Å²) in [5, 5.41) is 23.9. The highest BCUT2D eigenvalue weighted by molar-refractivity contribution is 5.93. The molecule has 2 amide bonds. The standard InChI is InChI=1S/C14H16N2O5/c17-11-5-7(13(18)19)1-3-9(11)15-14(20)16-10-6-8-2-4-12(10)21-8/h1,3,5,8,10,12,17H,2,4,6H2,(H,18,19)(H2,15,16,20). The fraction of sp³-hybridized carbons (Fsp3) is 0.429. The number of carboxylic acids is 1. The minimum atomic E-state index is -1.14. The van der Waals surface area contributed by atoms with Gasteiger partial charge in [0.15, 0.2) is 0 Å². The minimum Gasteiger partial charge on any atom is -0.506 e. The Morgan fingerprint density at radius 2 is 2.10 bits per heavy atom. The predicted octanol–water partition coefficient (Wildman–Crippen LogP) is 1.53. The summed E-state index contributed by atoms with van der Waals surface area (Å²) in [6.07, 6.45) is 3.12. The Labute approximate surface area is 120 Å². The molecule has 3 unspecified atom stereocenters. The number of benzene rings is 1. The highest BCUT2D eigenvalue weighted by atomic mass is 16.5. The van der Waals surface area contributed by atoms with E-state index in [1.54, 1.807) is 0 Å². The van der Waals surface area contributed by atoms with E-state index in [-0.39, 0.29) is 35.3 Å². The summed E-state index contributed by atoms with van der Waals surface area (Å²) in [4.78, 5) is 22.7. The lowest BCUT2D eigenvalue weighted by atomic mass is 9.96. The van der Waals surface area contributed by atoms with Crippen molar-refractivity contribution in [1.29, 1.82) is 0 Å². The Morgan fingerprint density at radius 3 is 2.67 bits per heavy atom. The van der Waals surface area contributed by atoms with Gasteiger partial charge in [-0.15, -0.1) is 0 Å². The number of phenols is 1. The molecule has 7 nitrogen and oxygen atoms in total. The summed E-state index contributed by atoms with van der Waals surface area (Å²) in [5.41, 5.74) is 0.126. The second kappa shape index (κ2) is 5.25. The summed E-state index contributed by atoms with van der Waals surface area (Å²) in [6, 6.07) is 3.32. The maximum atomic E-state index is 11.9. The van der Waals surface area contributed by atoms with Crippen LogP contribution in [-0.2, 0) is 4.74 Å². The van der Waals surface area contributed by atoms with Crippen molar-refractivity contribution in [1.82, 2.24) is 5.32 Å². The maximum absolute atomic E-state index is 11.9. The normalized spacial score (nSPS) is 26.6. The van der Waals surface area contributed by atoms with Crippen LogP contribution >= 0.6 is 0 Å². The van der Waals surface area contributed by atoms with Crippen molar-refractivity contribution < 1.29 is 24.5 Å². The van der Waals surface area contributed by atoms with Gasteiger partial charge in [0, 0.05) is 0 Å². The maximum Gasteiger partial charge on any atom is 0.335 e. The molecule has 7 heteroatoms. The third kappa shape index (κ3) is 2.78. The predicted molar refractivity (Wildman–Crippen MR) is 73.5 cm³/mol. The van der Waals surface area contributed by atoms with Crippen LogP contribution in [0.3, 0.4) is 0 Å². The first-order chi connectivity index (χ1) is 10.0. The molecule has 3 rings (SSSR count). The highest BCUT2D eigenvalue weighted by Crippen LogP contribution is 2.34. The smallest absolute Gasteiger partial charge is 0.335 e. The number of ether oxygens (including phenoxy) is 1. The molecule has 2 heterocycles. The van der Waals surface area contributed by atoms with E-state index in [9.17, 15) is 14.7 Å². The van der Waals surface area contributed by atoms with Crippen molar-refractivity contribution in [2.24, 2.45) is 0 Å². The lowest BCUT2D eigenvalue weighted by Crippen LogP contribution is -2.43. The van der Waals surface area contributed by atoms with Crippen LogP contribution in [0.4, 0.5) is 10.5 Å². The summed E-state index contributed by atoms with van der Waals surface area (Å²) in [6.45, 7) is 0. The SMILES string of the molecule is O=C(Nc1ccc(C(=O)O)cc1O)NC1CC2CCC1O2. The Morgan fingerprint density at radius 1 is 1.29 bits per heavy atom. The molecule has 3 atom stereocenters. The molecule has 0 spiro atoms. The van der Waals surface area contributed by atoms with Crippen LogP contribution in [0.1, 0.15) is 29.6 Å².